The quantitative estimate of drug-likeness (QED) is 0.877. The first kappa shape index (κ1) is 11.8. The fourth-order valence-corrected chi connectivity index (χ4v) is 2.37. The van der Waals surface area contributed by atoms with Gasteiger partial charge in [0.05, 0.1) is 6.20 Å². The Balaban J connectivity index is 1.76. The first-order chi connectivity index (χ1) is 9.24. The second kappa shape index (κ2) is 4.76. The highest BCUT2D eigenvalue weighted by Crippen LogP contribution is 2.23. The van der Waals surface area contributed by atoms with Crippen molar-refractivity contribution in [3.63, 3.8) is 0 Å². The summed E-state index contributed by atoms with van der Waals surface area (Å²) in [6.07, 6.45) is 4.52. The fraction of sp³-hybridized carbons (Fsp3) is 0.286. The molecule has 1 aliphatic rings. The van der Waals surface area contributed by atoms with Gasteiger partial charge in [-0.3, -0.25) is 9.89 Å². The maximum absolute atomic E-state index is 12.3. The number of fused-ring (bicyclic) bond motifs is 1. The first-order valence-corrected chi connectivity index (χ1v) is 6.34. The summed E-state index contributed by atoms with van der Waals surface area (Å²) in [6.45, 7) is 1.52. The zero-order valence-corrected chi connectivity index (χ0v) is 10.8. The minimum atomic E-state index is 0.0379. The molecule has 1 aliphatic heterocycles. The van der Waals surface area contributed by atoms with Gasteiger partial charge >= 0.3 is 0 Å². The van der Waals surface area contributed by atoms with E-state index in [2.05, 4.69) is 15.5 Å². The molecule has 0 saturated carbocycles. The lowest BCUT2D eigenvalue weighted by atomic mass is 10.1. The van der Waals surface area contributed by atoms with Crippen molar-refractivity contribution in [3.05, 3.63) is 47.3 Å². The van der Waals surface area contributed by atoms with E-state index in [0.29, 0.717) is 6.54 Å². The number of anilines is 1. The largest absolute Gasteiger partial charge is 0.384 e. The SMILES string of the molecule is CN(Cc1cn[nH]c1)C(=O)c1ccc2c(c1)CCN2. The van der Waals surface area contributed by atoms with E-state index in [1.807, 2.05) is 18.2 Å². The fourth-order valence-electron chi connectivity index (χ4n) is 2.37. The number of carbonyl (C=O) groups excluding carboxylic acids is 1. The second-order valence-corrected chi connectivity index (χ2v) is 4.82. The normalized spacial score (nSPS) is 12.9. The lowest BCUT2D eigenvalue weighted by molar-refractivity contribution is 0.0785. The van der Waals surface area contributed by atoms with Crippen LogP contribution in [0.3, 0.4) is 0 Å². The van der Waals surface area contributed by atoms with Crippen LogP contribution in [-0.2, 0) is 13.0 Å². The highest BCUT2D eigenvalue weighted by atomic mass is 16.2. The van der Waals surface area contributed by atoms with Gasteiger partial charge in [0, 0.05) is 43.1 Å². The highest BCUT2D eigenvalue weighted by Gasteiger charge is 2.16. The van der Waals surface area contributed by atoms with Crippen molar-refractivity contribution in [3.8, 4) is 0 Å². The molecule has 0 radical (unpaired) electrons. The Kier molecular flexibility index (Phi) is 2.95. The molecule has 19 heavy (non-hydrogen) atoms. The monoisotopic (exact) mass is 256 g/mol. The van der Waals surface area contributed by atoms with Crippen LogP contribution in [0.15, 0.2) is 30.6 Å². The number of hydrogen-bond acceptors (Lipinski definition) is 3. The van der Waals surface area contributed by atoms with E-state index < -0.39 is 0 Å². The van der Waals surface area contributed by atoms with Crippen LogP contribution in [0.25, 0.3) is 0 Å². The topological polar surface area (TPSA) is 61.0 Å². The molecule has 2 heterocycles. The molecular weight excluding hydrogens is 240 g/mol. The van der Waals surface area contributed by atoms with Crippen LogP contribution in [0, 0.1) is 0 Å². The first-order valence-electron chi connectivity index (χ1n) is 6.34. The van der Waals surface area contributed by atoms with Crippen LogP contribution in [0.4, 0.5) is 5.69 Å². The number of amides is 1. The van der Waals surface area contributed by atoms with Crippen LogP contribution >= 0.6 is 0 Å². The summed E-state index contributed by atoms with van der Waals surface area (Å²) < 4.78 is 0. The third-order valence-electron chi connectivity index (χ3n) is 3.38. The summed E-state index contributed by atoms with van der Waals surface area (Å²) >= 11 is 0. The molecule has 5 nitrogen and oxygen atoms in total. The van der Waals surface area contributed by atoms with Gasteiger partial charge in [-0.15, -0.1) is 0 Å². The minimum Gasteiger partial charge on any atom is -0.384 e. The summed E-state index contributed by atoms with van der Waals surface area (Å²) in [7, 11) is 1.81. The second-order valence-electron chi connectivity index (χ2n) is 4.82. The van der Waals surface area contributed by atoms with Gasteiger partial charge in [0.2, 0.25) is 0 Å². The van der Waals surface area contributed by atoms with Crippen molar-refractivity contribution < 1.29 is 4.79 Å². The Hall–Kier alpha value is -2.30. The lowest BCUT2D eigenvalue weighted by Gasteiger charge is -2.16. The maximum Gasteiger partial charge on any atom is 0.253 e. The maximum atomic E-state index is 12.3. The van der Waals surface area contributed by atoms with Crippen molar-refractivity contribution in [1.82, 2.24) is 15.1 Å². The molecule has 3 rings (SSSR count). The van der Waals surface area contributed by atoms with Gasteiger partial charge < -0.3 is 10.2 Å². The lowest BCUT2D eigenvalue weighted by Crippen LogP contribution is -2.26. The van der Waals surface area contributed by atoms with Crippen LogP contribution < -0.4 is 5.32 Å². The van der Waals surface area contributed by atoms with Gasteiger partial charge in [-0.05, 0) is 30.2 Å². The Morgan fingerprint density at radius 3 is 3.16 bits per heavy atom. The average molecular weight is 256 g/mol. The number of aromatic amines is 1. The summed E-state index contributed by atoms with van der Waals surface area (Å²) in [4.78, 5) is 14.0. The number of rotatable bonds is 3. The van der Waals surface area contributed by atoms with Crippen molar-refractivity contribution in [2.24, 2.45) is 0 Å². The molecule has 0 aliphatic carbocycles. The molecule has 1 aromatic carbocycles. The van der Waals surface area contributed by atoms with Crippen LogP contribution in [0.5, 0.6) is 0 Å². The molecule has 1 aromatic heterocycles. The standard InChI is InChI=1S/C14H16N4O/c1-18(9-10-7-16-17-8-10)14(19)12-2-3-13-11(6-12)4-5-15-13/h2-3,6-8,15H,4-5,9H2,1H3,(H,16,17). The summed E-state index contributed by atoms with van der Waals surface area (Å²) in [6, 6.07) is 5.86. The zero-order chi connectivity index (χ0) is 13.2. The van der Waals surface area contributed by atoms with Gasteiger partial charge in [0.15, 0.2) is 0 Å². The predicted octanol–water partition coefficient (Wildman–Crippen LogP) is 1.65. The number of benzene rings is 1. The third kappa shape index (κ3) is 2.31. The van der Waals surface area contributed by atoms with Gasteiger partial charge in [-0.2, -0.15) is 5.10 Å². The molecule has 0 saturated heterocycles. The molecule has 0 spiro atoms. The Bertz CT molecular complexity index is 591. The van der Waals surface area contributed by atoms with Crippen LogP contribution in [-0.4, -0.2) is 34.6 Å². The number of hydrogen-bond donors (Lipinski definition) is 2. The molecule has 0 unspecified atom stereocenters. The van der Waals surface area contributed by atoms with Crippen molar-refractivity contribution in [2.45, 2.75) is 13.0 Å². The summed E-state index contributed by atoms with van der Waals surface area (Å²) in [5.74, 6) is 0.0379. The molecule has 1 amide bonds. The minimum absolute atomic E-state index is 0.0379. The van der Waals surface area contributed by atoms with Crippen molar-refractivity contribution >= 4 is 11.6 Å². The van der Waals surface area contributed by atoms with Gasteiger partial charge in [-0.25, -0.2) is 0 Å². The average Bonchev–Trinajstić information content (AvgIpc) is 3.07. The molecular formula is C14H16N4O. The number of H-pyrrole nitrogens is 1. The number of nitrogens with one attached hydrogen (secondary N) is 2. The van der Waals surface area contributed by atoms with Crippen molar-refractivity contribution in [2.75, 3.05) is 18.9 Å². The predicted molar refractivity (Wildman–Crippen MR) is 73.0 cm³/mol. The molecule has 2 aromatic rings. The molecule has 2 N–H and O–H groups in total. The number of aromatic nitrogens is 2. The van der Waals surface area contributed by atoms with Gasteiger partial charge in [0.1, 0.15) is 0 Å². The van der Waals surface area contributed by atoms with Crippen molar-refractivity contribution in [1.29, 1.82) is 0 Å². The number of carbonyl (C=O) groups is 1. The van der Waals surface area contributed by atoms with E-state index in [9.17, 15) is 4.79 Å². The van der Waals surface area contributed by atoms with Crippen LogP contribution in [0.2, 0.25) is 0 Å². The third-order valence-corrected chi connectivity index (χ3v) is 3.38. The van der Waals surface area contributed by atoms with Gasteiger partial charge in [0.25, 0.3) is 5.91 Å². The molecule has 0 atom stereocenters. The molecule has 0 bridgehead atoms. The van der Waals surface area contributed by atoms with E-state index in [4.69, 9.17) is 0 Å². The molecule has 5 heteroatoms. The smallest absolute Gasteiger partial charge is 0.253 e. The molecule has 0 fully saturated rings. The zero-order valence-electron chi connectivity index (χ0n) is 10.8. The Morgan fingerprint density at radius 2 is 2.37 bits per heavy atom. The van der Waals surface area contributed by atoms with E-state index in [0.717, 1.165) is 29.8 Å². The van der Waals surface area contributed by atoms with E-state index >= 15 is 0 Å². The van der Waals surface area contributed by atoms with Crippen LogP contribution in [0.1, 0.15) is 21.5 Å². The van der Waals surface area contributed by atoms with E-state index in [-0.39, 0.29) is 5.91 Å². The highest BCUT2D eigenvalue weighted by molar-refractivity contribution is 5.94. The van der Waals surface area contributed by atoms with E-state index in [1.165, 1.54) is 5.56 Å². The van der Waals surface area contributed by atoms with Gasteiger partial charge in [-0.1, -0.05) is 0 Å². The molecule has 98 valence electrons. The number of nitrogens with zero attached hydrogens (tertiary/aromatic N) is 2. The summed E-state index contributed by atoms with van der Waals surface area (Å²) in [5.41, 5.74) is 4.11. The summed E-state index contributed by atoms with van der Waals surface area (Å²) in [5, 5.41) is 9.93. The Morgan fingerprint density at radius 1 is 1.47 bits per heavy atom. The Labute approximate surface area is 111 Å². The van der Waals surface area contributed by atoms with E-state index in [1.54, 1.807) is 24.3 Å².